The molecule has 0 aliphatic carbocycles. The lowest BCUT2D eigenvalue weighted by atomic mass is 10.2. The van der Waals surface area contributed by atoms with Gasteiger partial charge in [0.15, 0.2) is 0 Å². The molecule has 0 saturated heterocycles. The number of benzene rings is 2. The highest BCUT2D eigenvalue weighted by atomic mass is 32.2. The van der Waals surface area contributed by atoms with Gasteiger partial charge in [0.1, 0.15) is 10.6 Å². The predicted molar refractivity (Wildman–Crippen MR) is 101 cm³/mol. The highest BCUT2D eigenvalue weighted by Crippen LogP contribution is 2.19. The summed E-state index contributed by atoms with van der Waals surface area (Å²) in [6.45, 7) is 3.89. The van der Waals surface area contributed by atoms with Crippen LogP contribution in [0.15, 0.2) is 58.5 Å². The molecule has 1 N–H and O–H groups in total. The fourth-order valence-corrected chi connectivity index (χ4v) is 2.99. The van der Waals surface area contributed by atoms with Gasteiger partial charge in [0, 0.05) is 6.42 Å². The summed E-state index contributed by atoms with van der Waals surface area (Å²) in [5.74, 6) is 0.0713. The van der Waals surface area contributed by atoms with E-state index in [4.69, 9.17) is 4.18 Å². The zero-order valence-electron chi connectivity index (χ0n) is 14.8. The van der Waals surface area contributed by atoms with Crippen LogP contribution in [0, 0.1) is 6.92 Å². The second-order valence-corrected chi connectivity index (χ2v) is 7.36. The zero-order chi connectivity index (χ0) is 19.0. The Morgan fingerprint density at radius 2 is 1.77 bits per heavy atom. The number of carbonyl (C=O) groups is 1. The summed E-state index contributed by atoms with van der Waals surface area (Å²) >= 11 is 0. The molecule has 0 aliphatic heterocycles. The fraction of sp³-hybridized carbons (Fsp3) is 0.263. The van der Waals surface area contributed by atoms with Crippen LogP contribution in [0.1, 0.15) is 37.3 Å². The lowest BCUT2D eigenvalue weighted by molar-refractivity contribution is -0.121. The number of nitrogens with zero attached hydrogens (tertiary/aromatic N) is 1. The summed E-state index contributed by atoms with van der Waals surface area (Å²) in [6, 6.07) is 12.8. The molecule has 1 amide bonds. The molecule has 0 heterocycles. The molecule has 6 nitrogen and oxygen atoms in total. The van der Waals surface area contributed by atoms with E-state index in [1.807, 2.05) is 13.8 Å². The minimum absolute atomic E-state index is 0.100. The van der Waals surface area contributed by atoms with Crippen LogP contribution in [-0.4, -0.2) is 20.5 Å². The van der Waals surface area contributed by atoms with Gasteiger partial charge in [-0.05, 0) is 55.3 Å². The molecule has 0 bridgehead atoms. The van der Waals surface area contributed by atoms with Crippen LogP contribution in [0.5, 0.6) is 5.75 Å². The number of hydrogen-bond donors (Lipinski definition) is 1. The van der Waals surface area contributed by atoms with Gasteiger partial charge in [-0.3, -0.25) is 4.79 Å². The minimum atomic E-state index is -3.87. The Bertz CT molecular complexity index is 857. The standard InChI is InChI=1S/C19H22N2O4S/c1-3-4-5-19(22)21-20-14-16-8-10-17(11-9-16)25-26(23,24)18-12-6-15(2)7-13-18/h6-14H,3-5H2,1-2H3,(H,21,22). The normalized spacial score (nSPS) is 11.5. The SMILES string of the molecule is CCCCC(=O)NN=Cc1ccc(OS(=O)(=O)c2ccc(C)cc2)cc1. The topological polar surface area (TPSA) is 84.8 Å². The van der Waals surface area contributed by atoms with Crippen molar-refractivity contribution in [1.82, 2.24) is 5.43 Å². The second-order valence-electron chi connectivity index (χ2n) is 5.82. The van der Waals surface area contributed by atoms with Crippen molar-refractivity contribution < 1.29 is 17.4 Å². The molecular formula is C19H22N2O4S. The van der Waals surface area contributed by atoms with E-state index in [-0.39, 0.29) is 16.6 Å². The lowest BCUT2D eigenvalue weighted by Gasteiger charge is -2.07. The molecule has 138 valence electrons. The van der Waals surface area contributed by atoms with Crippen molar-refractivity contribution in [2.75, 3.05) is 0 Å². The summed E-state index contributed by atoms with van der Waals surface area (Å²) in [4.78, 5) is 11.5. The molecule has 0 fully saturated rings. The van der Waals surface area contributed by atoms with E-state index in [0.717, 1.165) is 18.4 Å². The van der Waals surface area contributed by atoms with Crippen molar-refractivity contribution in [2.24, 2.45) is 5.10 Å². The summed E-state index contributed by atoms with van der Waals surface area (Å²) in [5, 5.41) is 3.87. The number of nitrogens with one attached hydrogen (secondary N) is 1. The Morgan fingerprint density at radius 3 is 2.38 bits per heavy atom. The Morgan fingerprint density at radius 1 is 1.12 bits per heavy atom. The number of unbranched alkanes of at least 4 members (excludes halogenated alkanes) is 1. The molecular weight excluding hydrogens is 352 g/mol. The Balaban J connectivity index is 1.96. The molecule has 0 radical (unpaired) electrons. The van der Waals surface area contributed by atoms with E-state index >= 15 is 0 Å². The van der Waals surface area contributed by atoms with Crippen LogP contribution >= 0.6 is 0 Å². The fourth-order valence-electron chi connectivity index (χ4n) is 2.06. The minimum Gasteiger partial charge on any atom is -0.379 e. The number of amides is 1. The first-order valence-corrected chi connectivity index (χ1v) is 9.74. The Labute approximate surface area is 154 Å². The highest BCUT2D eigenvalue weighted by Gasteiger charge is 2.16. The predicted octanol–water partition coefficient (Wildman–Crippen LogP) is 3.40. The van der Waals surface area contributed by atoms with Gasteiger partial charge < -0.3 is 4.18 Å². The third-order valence-electron chi connectivity index (χ3n) is 3.56. The van der Waals surface area contributed by atoms with Crippen molar-refractivity contribution in [1.29, 1.82) is 0 Å². The second kappa shape index (κ2) is 9.15. The van der Waals surface area contributed by atoms with Gasteiger partial charge in [0.25, 0.3) is 0 Å². The van der Waals surface area contributed by atoms with E-state index in [2.05, 4.69) is 10.5 Å². The van der Waals surface area contributed by atoms with Crippen LogP contribution in [-0.2, 0) is 14.9 Å². The summed E-state index contributed by atoms with van der Waals surface area (Å²) in [5.41, 5.74) is 4.12. The molecule has 0 aromatic heterocycles. The zero-order valence-corrected chi connectivity index (χ0v) is 15.6. The number of hydrazone groups is 1. The lowest BCUT2D eigenvalue weighted by Crippen LogP contribution is -2.16. The van der Waals surface area contributed by atoms with Crippen LogP contribution < -0.4 is 9.61 Å². The van der Waals surface area contributed by atoms with Crippen molar-refractivity contribution >= 4 is 22.2 Å². The first kappa shape index (κ1) is 19.7. The molecule has 2 rings (SSSR count). The maximum atomic E-state index is 12.2. The summed E-state index contributed by atoms with van der Waals surface area (Å²) in [6.07, 6.45) is 3.70. The van der Waals surface area contributed by atoms with Crippen LogP contribution in [0.25, 0.3) is 0 Å². The Kier molecular flexibility index (Phi) is 6.91. The molecule has 0 unspecified atom stereocenters. The van der Waals surface area contributed by atoms with Gasteiger partial charge in [-0.1, -0.05) is 31.0 Å². The maximum absolute atomic E-state index is 12.2. The molecule has 7 heteroatoms. The van der Waals surface area contributed by atoms with Gasteiger partial charge in [0.05, 0.1) is 6.21 Å². The smallest absolute Gasteiger partial charge is 0.339 e. The van der Waals surface area contributed by atoms with Gasteiger partial charge in [0.2, 0.25) is 5.91 Å². The molecule has 0 atom stereocenters. The average molecular weight is 374 g/mol. The van der Waals surface area contributed by atoms with E-state index in [9.17, 15) is 13.2 Å². The average Bonchev–Trinajstić information content (AvgIpc) is 2.61. The molecule has 2 aromatic carbocycles. The van der Waals surface area contributed by atoms with Crippen molar-refractivity contribution in [3.8, 4) is 5.75 Å². The largest absolute Gasteiger partial charge is 0.379 e. The summed E-state index contributed by atoms with van der Waals surface area (Å²) in [7, 11) is -3.87. The van der Waals surface area contributed by atoms with Crippen molar-refractivity contribution in [3.63, 3.8) is 0 Å². The van der Waals surface area contributed by atoms with Gasteiger partial charge in [-0.2, -0.15) is 13.5 Å². The highest BCUT2D eigenvalue weighted by molar-refractivity contribution is 7.87. The number of aryl methyl sites for hydroxylation is 1. The molecule has 0 spiro atoms. The van der Waals surface area contributed by atoms with Gasteiger partial charge in [-0.25, -0.2) is 5.43 Å². The van der Waals surface area contributed by atoms with Crippen LogP contribution in [0.4, 0.5) is 0 Å². The van der Waals surface area contributed by atoms with E-state index in [1.165, 1.54) is 30.5 Å². The van der Waals surface area contributed by atoms with Crippen LogP contribution in [0.2, 0.25) is 0 Å². The van der Waals surface area contributed by atoms with Crippen molar-refractivity contribution in [3.05, 3.63) is 59.7 Å². The van der Waals surface area contributed by atoms with E-state index < -0.39 is 10.1 Å². The monoisotopic (exact) mass is 374 g/mol. The van der Waals surface area contributed by atoms with Crippen molar-refractivity contribution in [2.45, 2.75) is 38.0 Å². The van der Waals surface area contributed by atoms with Gasteiger partial charge in [-0.15, -0.1) is 0 Å². The molecule has 0 saturated carbocycles. The number of carbonyl (C=O) groups excluding carboxylic acids is 1. The van der Waals surface area contributed by atoms with Gasteiger partial charge >= 0.3 is 10.1 Å². The third kappa shape index (κ3) is 6.00. The van der Waals surface area contributed by atoms with Crippen LogP contribution in [0.3, 0.4) is 0 Å². The van der Waals surface area contributed by atoms with E-state index in [1.54, 1.807) is 24.3 Å². The summed E-state index contributed by atoms with van der Waals surface area (Å²) < 4.78 is 29.6. The molecule has 2 aromatic rings. The Hall–Kier alpha value is -2.67. The number of hydrogen-bond acceptors (Lipinski definition) is 5. The maximum Gasteiger partial charge on any atom is 0.339 e. The number of rotatable bonds is 8. The quantitative estimate of drug-likeness (QED) is 0.436. The first-order valence-electron chi connectivity index (χ1n) is 8.34. The van der Waals surface area contributed by atoms with E-state index in [0.29, 0.717) is 12.0 Å². The molecule has 0 aliphatic rings. The first-order chi connectivity index (χ1) is 12.4. The molecule has 26 heavy (non-hydrogen) atoms. The third-order valence-corrected chi connectivity index (χ3v) is 4.82.